The second-order valence-electron chi connectivity index (χ2n) is 9.45. The quantitative estimate of drug-likeness (QED) is 0.435. The standard InChI is InChI=1S/C27H29N7O/c35-27(30-22-6-8-25(29-17-22)34-11-4-12-34)26-23-14-20(5-7-24(23)31-32-26)21-13-19(15-28-16-21)18-33-9-2-1-3-10-33/h5-8,13-17H,1-4,9-12,18H2,(H,30,35)(H,31,32). The van der Waals surface area contributed by atoms with Gasteiger partial charge >= 0.3 is 0 Å². The summed E-state index contributed by atoms with van der Waals surface area (Å²) < 4.78 is 0. The van der Waals surface area contributed by atoms with Crippen LogP contribution in [0.15, 0.2) is 55.0 Å². The minimum atomic E-state index is -0.260. The molecular weight excluding hydrogens is 438 g/mol. The number of pyridine rings is 2. The number of amides is 1. The van der Waals surface area contributed by atoms with Gasteiger partial charge in [-0.1, -0.05) is 12.5 Å². The minimum absolute atomic E-state index is 0.260. The normalized spacial score (nSPS) is 16.3. The molecule has 4 aromatic rings. The molecule has 0 bridgehead atoms. The third-order valence-electron chi connectivity index (χ3n) is 6.95. The topological polar surface area (TPSA) is 90.0 Å². The second kappa shape index (κ2) is 9.46. The summed E-state index contributed by atoms with van der Waals surface area (Å²) in [5, 5.41) is 11.0. The zero-order chi connectivity index (χ0) is 23.6. The molecule has 0 aliphatic carbocycles. The SMILES string of the molecule is O=C(Nc1ccc(N2CCC2)nc1)c1n[nH]c2ccc(-c3cncc(CN4CCCCC4)c3)cc12. The molecule has 0 atom stereocenters. The Hall–Kier alpha value is -3.78. The van der Waals surface area contributed by atoms with E-state index in [9.17, 15) is 4.79 Å². The minimum Gasteiger partial charge on any atom is -0.356 e. The summed E-state index contributed by atoms with van der Waals surface area (Å²) in [6.07, 6.45) is 10.6. The Morgan fingerprint density at radius 2 is 1.80 bits per heavy atom. The van der Waals surface area contributed by atoms with Crippen molar-refractivity contribution in [3.8, 4) is 11.1 Å². The summed E-state index contributed by atoms with van der Waals surface area (Å²) in [4.78, 5) is 26.7. The summed E-state index contributed by atoms with van der Waals surface area (Å²) >= 11 is 0. The number of anilines is 2. The maximum atomic E-state index is 13.0. The van der Waals surface area contributed by atoms with Crippen LogP contribution in [-0.4, -0.2) is 57.2 Å². The molecule has 2 N–H and O–H groups in total. The number of likely N-dealkylation sites (tertiary alicyclic amines) is 1. The molecule has 3 aromatic heterocycles. The lowest BCUT2D eigenvalue weighted by molar-refractivity contribution is 0.102. The highest BCUT2D eigenvalue weighted by Crippen LogP contribution is 2.27. The Bertz CT molecular complexity index is 1340. The van der Waals surface area contributed by atoms with E-state index in [1.165, 1.54) is 31.2 Å². The number of rotatable bonds is 6. The number of nitrogens with zero attached hydrogens (tertiary/aromatic N) is 5. The van der Waals surface area contributed by atoms with Crippen molar-refractivity contribution in [2.24, 2.45) is 0 Å². The average molecular weight is 468 g/mol. The molecule has 1 amide bonds. The molecule has 6 rings (SSSR count). The van der Waals surface area contributed by atoms with Gasteiger partial charge in [0.15, 0.2) is 5.69 Å². The highest BCUT2D eigenvalue weighted by atomic mass is 16.1. The van der Waals surface area contributed by atoms with Crippen LogP contribution in [0.3, 0.4) is 0 Å². The zero-order valence-electron chi connectivity index (χ0n) is 19.7. The van der Waals surface area contributed by atoms with Crippen LogP contribution in [0.4, 0.5) is 11.5 Å². The van der Waals surface area contributed by atoms with E-state index >= 15 is 0 Å². The van der Waals surface area contributed by atoms with Gasteiger partial charge < -0.3 is 10.2 Å². The molecule has 0 unspecified atom stereocenters. The van der Waals surface area contributed by atoms with Crippen LogP contribution in [0.1, 0.15) is 41.7 Å². The van der Waals surface area contributed by atoms with E-state index in [-0.39, 0.29) is 5.91 Å². The summed E-state index contributed by atoms with van der Waals surface area (Å²) in [6.45, 7) is 5.31. The van der Waals surface area contributed by atoms with Crippen LogP contribution >= 0.6 is 0 Å². The van der Waals surface area contributed by atoms with E-state index in [0.29, 0.717) is 11.4 Å². The Labute approximate surface area is 204 Å². The maximum absolute atomic E-state index is 13.0. The summed E-state index contributed by atoms with van der Waals surface area (Å²) in [5.41, 5.74) is 5.11. The van der Waals surface area contributed by atoms with Crippen molar-refractivity contribution in [1.82, 2.24) is 25.1 Å². The van der Waals surface area contributed by atoms with E-state index in [4.69, 9.17) is 0 Å². The molecule has 2 fully saturated rings. The van der Waals surface area contributed by atoms with Gasteiger partial charge in [-0.3, -0.25) is 19.8 Å². The first-order valence-corrected chi connectivity index (χ1v) is 12.4. The van der Waals surface area contributed by atoms with Gasteiger partial charge in [-0.25, -0.2) is 4.98 Å². The number of carbonyl (C=O) groups is 1. The molecule has 2 saturated heterocycles. The maximum Gasteiger partial charge on any atom is 0.276 e. The third kappa shape index (κ3) is 4.61. The second-order valence-corrected chi connectivity index (χ2v) is 9.45. The predicted octanol–water partition coefficient (Wildman–Crippen LogP) is 4.47. The smallest absolute Gasteiger partial charge is 0.276 e. The summed E-state index contributed by atoms with van der Waals surface area (Å²) in [5.74, 6) is 0.684. The summed E-state index contributed by atoms with van der Waals surface area (Å²) in [6, 6.07) is 12.1. The van der Waals surface area contributed by atoms with E-state index in [1.54, 1.807) is 6.20 Å². The number of aromatic amines is 1. The molecule has 0 spiro atoms. The Morgan fingerprint density at radius 3 is 2.57 bits per heavy atom. The van der Waals surface area contributed by atoms with Gasteiger partial charge in [-0.05, 0) is 73.8 Å². The molecule has 0 saturated carbocycles. The molecule has 5 heterocycles. The Balaban J connectivity index is 1.21. The molecule has 1 aromatic carbocycles. The van der Waals surface area contributed by atoms with Crippen molar-refractivity contribution in [3.63, 3.8) is 0 Å². The molecule has 2 aliphatic rings. The van der Waals surface area contributed by atoms with Gasteiger partial charge in [0.2, 0.25) is 0 Å². The lowest BCUT2D eigenvalue weighted by atomic mass is 10.0. The zero-order valence-corrected chi connectivity index (χ0v) is 19.7. The van der Waals surface area contributed by atoms with Crippen LogP contribution in [-0.2, 0) is 6.54 Å². The van der Waals surface area contributed by atoms with Crippen LogP contribution < -0.4 is 10.2 Å². The number of aromatic nitrogens is 4. The van der Waals surface area contributed by atoms with Crippen molar-refractivity contribution >= 4 is 28.3 Å². The van der Waals surface area contributed by atoms with Gasteiger partial charge in [0.1, 0.15) is 5.82 Å². The number of nitrogens with one attached hydrogen (secondary N) is 2. The first-order valence-electron chi connectivity index (χ1n) is 12.4. The fourth-order valence-corrected chi connectivity index (χ4v) is 4.86. The van der Waals surface area contributed by atoms with Crippen molar-refractivity contribution < 1.29 is 4.79 Å². The molecule has 35 heavy (non-hydrogen) atoms. The number of hydrogen-bond donors (Lipinski definition) is 2. The largest absolute Gasteiger partial charge is 0.356 e. The molecule has 8 heteroatoms. The average Bonchev–Trinajstić information content (AvgIpc) is 3.28. The van der Waals surface area contributed by atoms with Crippen LogP contribution in [0, 0.1) is 0 Å². The van der Waals surface area contributed by atoms with E-state index in [2.05, 4.69) is 41.3 Å². The molecule has 0 radical (unpaired) electrons. The van der Waals surface area contributed by atoms with E-state index in [0.717, 1.165) is 60.6 Å². The third-order valence-corrected chi connectivity index (χ3v) is 6.95. The number of fused-ring (bicyclic) bond motifs is 1. The molecule has 178 valence electrons. The summed E-state index contributed by atoms with van der Waals surface area (Å²) in [7, 11) is 0. The number of benzene rings is 1. The van der Waals surface area contributed by atoms with Crippen LogP contribution in [0.5, 0.6) is 0 Å². The van der Waals surface area contributed by atoms with E-state index < -0.39 is 0 Å². The van der Waals surface area contributed by atoms with Crippen LogP contribution in [0.2, 0.25) is 0 Å². The molecule has 8 nitrogen and oxygen atoms in total. The monoisotopic (exact) mass is 467 g/mol. The first-order chi connectivity index (χ1) is 17.2. The molecular formula is C27H29N7O. The van der Waals surface area contributed by atoms with Gasteiger partial charge in [0.25, 0.3) is 5.91 Å². The van der Waals surface area contributed by atoms with Crippen molar-refractivity contribution in [2.45, 2.75) is 32.2 Å². The number of carbonyl (C=O) groups excluding carboxylic acids is 1. The van der Waals surface area contributed by atoms with Gasteiger partial charge in [-0.15, -0.1) is 0 Å². The predicted molar refractivity (Wildman–Crippen MR) is 137 cm³/mol. The van der Waals surface area contributed by atoms with Gasteiger partial charge in [0, 0.05) is 43.0 Å². The fourth-order valence-electron chi connectivity index (χ4n) is 4.86. The first kappa shape index (κ1) is 21.7. The highest BCUT2D eigenvalue weighted by molar-refractivity contribution is 6.11. The van der Waals surface area contributed by atoms with Crippen molar-refractivity contribution in [2.75, 3.05) is 36.4 Å². The fraction of sp³-hybridized carbons (Fsp3) is 0.333. The van der Waals surface area contributed by atoms with Gasteiger partial charge in [0.05, 0.1) is 17.4 Å². The van der Waals surface area contributed by atoms with Crippen LogP contribution in [0.25, 0.3) is 22.0 Å². The highest BCUT2D eigenvalue weighted by Gasteiger charge is 2.18. The number of hydrogen-bond acceptors (Lipinski definition) is 6. The van der Waals surface area contributed by atoms with Crippen molar-refractivity contribution in [3.05, 3.63) is 66.2 Å². The van der Waals surface area contributed by atoms with Crippen molar-refractivity contribution in [1.29, 1.82) is 0 Å². The Kier molecular flexibility index (Phi) is 5.88. The lowest BCUT2D eigenvalue weighted by Gasteiger charge is -2.31. The molecule has 2 aliphatic heterocycles. The Morgan fingerprint density at radius 1 is 0.914 bits per heavy atom. The van der Waals surface area contributed by atoms with E-state index in [1.807, 2.05) is 42.7 Å². The number of H-pyrrole nitrogens is 1. The van der Waals surface area contributed by atoms with Gasteiger partial charge in [-0.2, -0.15) is 5.10 Å². The lowest BCUT2D eigenvalue weighted by Crippen LogP contribution is -2.37. The number of piperidine rings is 1.